The molecule has 0 amide bonds. The summed E-state index contributed by atoms with van der Waals surface area (Å²) in [5.41, 5.74) is 1.24. The molecule has 0 aromatic heterocycles. The summed E-state index contributed by atoms with van der Waals surface area (Å²) >= 11 is 4.82. The molecular weight excluding hydrogens is 224 g/mol. The van der Waals surface area contributed by atoms with Crippen molar-refractivity contribution in [3.8, 4) is 5.75 Å². The lowest BCUT2D eigenvalue weighted by Crippen LogP contribution is -1.79. The largest absolute Gasteiger partial charge is 0.507 e. The molecule has 0 aliphatic carbocycles. The van der Waals surface area contributed by atoms with Gasteiger partial charge >= 0.3 is 0 Å². The van der Waals surface area contributed by atoms with Gasteiger partial charge in [0.1, 0.15) is 5.75 Å². The lowest BCUT2D eigenvalue weighted by molar-refractivity contribution is 0.470. The standard InChI is InChI=1S/C8H5BrOS/c9-6-3-5-1-2-11-8(5)4-7(6)10/h3-4,10H,1H2. The molecule has 0 fully saturated rings. The molecule has 0 atom stereocenters. The number of benzene rings is 1. The Morgan fingerprint density at radius 2 is 2.36 bits per heavy atom. The van der Waals surface area contributed by atoms with E-state index in [0.717, 1.165) is 15.8 Å². The van der Waals surface area contributed by atoms with E-state index in [-0.39, 0.29) is 0 Å². The SMILES string of the molecule is Oc1cc2c(cc1Br)C[C]S2. The molecule has 11 heavy (non-hydrogen) atoms. The van der Waals surface area contributed by atoms with Gasteiger partial charge in [0.05, 0.1) is 10.2 Å². The van der Waals surface area contributed by atoms with Crippen LogP contribution in [0.15, 0.2) is 21.5 Å². The molecule has 1 aromatic carbocycles. The zero-order valence-corrected chi connectivity index (χ0v) is 8.00. The van der Waals surface area contributed by atoms with Crippen LogP contribution >= 0.6 is 27.7 Å². The maximum absolute atomic E-state index is 9.30. The first-order chi connectivity index (χ1) is 5.27. The zero-order valence-electron chi connectivity index (χ0n) is 5.60. The van der Waals surface area contributed by atoms with E-state index in [2.05, 4.69) is 21.7 Å². The normalized spacial score (nSPS) is 15.0. The lowest BCUT2D eigenvalue weighted by Gasteiger charge is -2.00. The van der Waals surface area contributed by atoms with Crippen LogP contribution in [0.4, 0.5) is 0 Å². The minimum absolute atomic E-state index is 0.306. The van der Waals surface area contributed by atoms with Crippen LogP contribution in [0, 0.1) is 5.75 Å². The number of phenols is 1. The fourth-order valence-electron chi connectivity index (χ4n) is 1.01. The van der Waals surface area contributed by atoms with Crippen LogP contribution in [-0.4, -0.2) is 5.11 Å². The van der Waals surface area contributed by atoms with Crippen molar-refractivity contribution in [1.29, 1.82) is 0 Å². The highest BCUT2D eigenvalue weighted by molar-refractivity contribution is 9.10. The highest BCUT2D eigenvalue weighted by Gasteiger charge is 2.14. The van der Waals surface area contributed by atoms with E-state index in [1.54, 1.807) is 17.8 Å². The van der Waals surface area contributed by atoms with E-state index < -0.39 is 0 Å². The first-order valence-corrected chi connectivity index (χ1v) is 4.79. The minimum Gasteiger partial charge on any atom is -0.507 e. The Hall–Kier alpha value is -0.150. The third-order valence-corrected chi connectivity index (χ3v) is 3.10. The van der Waals surface area contributed by atoms with Crippen molar-refractivity contribution >= 4 is 27.7 Å². The predicted octanol–water partition coefficient (Wildman–Crippen LogP) is 2.84. The molecule has 0 unspecified atom stereocenters. The third-order valence-electron chi connectivity index (χ3n) is 1.57. The van der Waals surface area contributed by atoms with E-state index in [4.69, 9.17) is 0 Å². The van der Waals surface area contributed by atoms with Gasteiger partial charge in [0, 0.05) is 4.90 Å². The van der Waals surface area contributed by atoms with Gasteiger partial charge in [-0.25, -0.2) is 0 Å². The average Bonchev–Trinajstić information content (AvgIpc) is 2.36. The number of thioether (sulfide) groups is 1. The van der Waals surface area contributed by atoms with E-state index >= 15 is 0 Å². The number of phenolic OH excluding ortho intramolecular Hbond substituents is 1. The Morgan fingerprint density at radius 1 is 1.55 bits per heavy atom. The third kappa shape index (κ3) is 1.27. The first-order valence-electron chi connectivity index (χ1n) is 3.18. The van der Waals surface area contributed by atoms with Gasteiger partial charge in [-0.15, -0.1) is 11.8 Å². The molecule has 0 bridgehead atoms. The van der Waals surface area contributed by atoms with Crippen molar-refractivity contribution in [2.75, 3.05) is 0 Å². The number of fused-ring (bicyclic) bond motifs is 1. The van der Waals surface area contributed by atoms with Gasteiger partial charge in [-0.1, -0.05) is 0 Å². The second-order valence-corrected chi connectivity index (χ2v) is 4.12. The summed E-state index contributed by atoms with van der Waals surface area (Å²) in [4.78, 5) is 1.12. The van der Waals surface area contributed by atoms with Gasteiger partial charge in [0.25, 0.3) is 0 Å². The second-order valence-electron chi connectivity index (χ2n) is 2.33. The Balaban J connectivity index is 2.57. The van der Waals surface area contributed by atoms with Crippen molar-refractivity contribution in [2.24, 2.45) is 0 Å². The van der Waals surface area contributed by atoms with Crippen LogP contribution in [0.25, 0.3) is 0 Å². The molecule has 2 rings (SSSR count). The molecule has 0 spiro atoms. The van der Waals surface area contributed by atoms with Crippen LogP contribution in [0.3, 0.4) is 0 Å². The molecule has 1 aliphatic heterocycles. The molecular formula is C8H5BrOS. The van der Waals surface area contributed by atoms with Crippen molar-refractivity contribution < 1.29 is 5.11 Å². The average molecular weight is 229 g/mol. The molecule has 1 aliphatic rings. The summed E-state index contributed by atoms with van der Waals surface area (Å²) in [5, 5.41) is 9.30. The van der Waals surface area contributed by atoms with Crippen LogP contribution in [-0.2, 0) is 6.42 Å². The number of aromatic hydroxyl groups is 1. The Kier molecular flexibility index (Phi) is 1.85. The van der Waals surface area contributed by atoms with Crippen molar-refractivity contribution in [2.45, 2.75) is 11.3 Å². The monoisotopic (exact) mass is 228 g/mol. The van der Waals surface area contributed by atoms with E-state index in [0.29, 0.717) is 5.75 Å². The summed E-state index contributed by atoms with van der Waals surface area (Å²) in [6.45, 7) is 0. The number of rotatable bonds is 0. The van der Waals surface area contributed by atoms with Gasteiger partial charge in [0.2, 0.25) is 0 Å². The highest BCUT2D eigenvalue weighted by Crippen LogP contribution is 2.39. The summed E-state index contributed by atoms with van der Waals surface area (Å²) < 4.78 is 0.764. The van der Waals surface area contributed by atoms with Gasteiger partial charge < -0.3 is 5.11 Å². The fourth-order valence-corrected chi connectivity index (χ4v) is 2.22. The molecule has 0 saturated heterocycles. The number of hydrogen-bond acceptors (Lipinski definition) is 2. The molecule has 1 nitrogen and oxygen atoms in total. The molecule has 3 heteroatoms. The fraction of sp³-hybridized carbons (Fsp3) is 0.125. The molecule has 0 saturated carbocycles. The summed E-state index contributed by atoms with van der Waals surface area (Å²) in [7, 11) is 0. The Morgan fingerprint density at radius 3 is 3.18 bits per heavy atom. The second kappa shape index (κ2) is 2.72. The van der Waals surface area contributed by atoms with Gasteiger partial charge in [-0.05, 0) is 40.0 Å². The Bertz CT molecular complexity index is 269. The topological polar surface area (TPSA) is 20.2 Å². The van der Waals surface area contributed by atoms with Crippen molar-refractivity contribution in [1.82, 2.24) is 0 Å². The van der Waals surface area contributed by atoms with E-state index in [1.165, 1.54) is 5.56 Å². The summed E-state index contributed by atoms with van der Waals surface area (Å²) in [6.07, 6.45) is 0.874. The van der Waals surface area contributed by atoms with Gasteiger partial charge in [0.15, 0.2) is 0 Å². The minimum atomic E-state index is 0.306. The van der Waals surface area contributed by atoms with Crippen molar-refractivity contribution in [3.63, 3.8) is 0 Å². The zero-order chi connectivity index (χ0) is 7.84. The maximum atomic E-state index is 9.30. The van der Waals surface area contributed by atoms with Crippen molar-refractivity contribution in [3.05, 3.63) is 27.9 Å². The Labute approximate surface area is 77.9 Å². The van der Waals surface area contributed by atoms with Gasteiger partial charge in [-0.2, -0.15) is 0 Å². The quantitative estimate of drug-likeness (QED) is 0.738. The summed E-state index contributed by atoms with van der Waals surface area (Å²) in [5.74, 6) is 3.43. The number of halogens is 1. The van der Waals surface area contributed by atoms with E-state index in [9.17, 15) is 5.11 Å². The number of hydrogen-bond donors (Lipinski definition) is 1. The molecule has 1 N–H and O–H groups in total. The predicted molar refractivity (Wildman–Crippen MR) is 48.6 cm³/mol. The van der Waals surface area contributed by atoms with Crippen LogP contribution in [0.5, 0.6) is 5.75 Å². The van der Waals surface area contributed by atoms with Crippen LogP contribution in [0.1, 0.15) is 5.56 Å². The lowest BCUT2D eigenvalue weighted by atomic mass is 10.2. The smallest absolute Gasteiger partial charge is 0.130 e. The molecule has 2 radical (unpaired) electrons. The van der Waals surface area contributed by atoms with Crippen LogP contribution in [0.2, 0.25) is 0 Å². The van der Waals surface area contributed by atoms with E-state index in [1.807, 2.05) is 6.07 Å². The summed E-state index contributed by atoms with van der Waals surface area (Å²) in [6, 6.07) is 3.71. The van der Waals surface area contributed by atoms with Crippen LogP contribution < -0.4 is 0 Å². The molecule has 56 valence electrons. The van der Waals surface area contributed by atoms with Gasteiger partial charge in [-0.3, -0.25) is 0 Å². The first kappa shape index (κ1) is 7.50. The molecule has 1 heterocycles. The highest BCUT2D eigenvalue weighted by atomic mass is 79.9. The maximum Gasteiger partial charge on any atom is 0.130 e. The molecule has 1 aromatic rings.